The number of rotatable bonds is 8. The van der Waals surface area contributed by atoms with Gasteiger partial charge in [-0.3, -0.25) is 19.5 Å². The second-order valence-corrected chi connectivity index (χ2v) is 11.5. The summed E-state index contributed by atoms with van der Waals surface area (Å²) in [5.74, 6) is 0.0906. The number of carbonyl (C=O) groups is 1. The number of fused-ring (bicyclic) bond motifs is 1. The lowest BCUT2D eigenvalue weighted by atomic mass is 9.95. The zero-order valence-electron chi connectivity index (χ0n) is 23.0. The second-order valence-electron chi connectivity index (χ2n) is 9.62. The highest BCUT2D eigenvalue weighted by atomic mass is 79.9. The maximum Gasteiger partial charge on any atom is 0.338 e. The maximum atomic E-state index is 13.8. The van der Waals surface area contributed by atoms with Gasteiger partial charge in [0.15, 0.2) is 4.80 Å². The second kappa shape index (κ2) is 12.3. The van der Waals surface area contributed by atoms with Crippen LogP contribution < -0.4 is 19.6 Å². The molecular weight excluding hydrogens is 622 g/mol. The minimum Gasteiger partial charge on any atom is -0.488 e. The van der Waals surface area contributed by atoms with E-state index in [2.05, 4.69) is 20.9 Å². The lowest BCUT2D eigenvalue weighted by molar-refractivity contribution is -0.384. The van der Waals surface area contributed by atoms with Crippen molar-refractivity contribution in [2.45, 2.75) is 33.4 Å². The van der Waals surface area contributed by atoms with Gasteiger partial charge in [-0.1, -0.05) is 47.2 Å². The standard InChI is InChI=1S/C31H26BrN3O6S/c1-4-40-30(37)27-19(3)33-31-34(28(27)22-10-5-18(2)6-11-22)29(36)26(42-31)16-21-9-14-25(24(32)15-21)41-17-20-7-12-23(13-8-20)35(38)39/h5-16,28H,4,17H2,1-3H3/b26-16+/t28-/m1/s1. The highest BCUT2D eigenvalue weighted by Gasteiger charge is 2.33. The molecule has 3 aromatic carbocycles. The lowest BCUT2D eigenvalue weighted by Gasteiger charge is -2.24. The van der Waals surface area contributed by atoms with Gasteiger partial charge in [-0.25, -0.2) is 9.79 Å². The van der Waals surface area contributed by atoms with E-state index >= 15 is 0 Å². The van der Waals surface area contributed by atoms with Crippen LogP contribution in [-0.4, -0.2) is 22.1 Å². The first kappa shape index (κ1) is 29.2. The smallest absolute Gasteiger partial charge is 0.338 e. The zero-order chi connectivity index (χ0) is 30.0. The number of hydrogen-bond donors (Lipinski definition) is 0. The SMILES string of the molecule is CCOC(=O)C1=C(C)N=c2s/c(=C/c3ccc(OCc4ccc([N+](=O)[O-])cc4)c(Br)c3)c(=O)n2[C@@H]1c1ccc(C)cc1. The summed E-state index contributed by atoms with van der Waals surface area (Å²) in [5, 5.41) is 10.9. The fourth-order valence-corrected chi connectivity index (χ4v) is 6.16. The molecule has 1 aliphatic rings. The van der Waals surface area contributed by atoms with Crippen molar-refractivity contribution in [3.05, 3.63) is 135 Å². The van der Waals surface area contributed by atoms with Crippen LogP contribution in [0, 0.1) is 17.0 Å². The monoisotopic (exact) mass is 647 g/mol. The number of hydrogen-bond acceptors (Lipinski definition) is 8. The predicted molar refractivity (Wildman–Crippen MR) is 163 cm³/mol. The van der Waals surface area contributed by atoms with Gasteiger partial charge in [-0.2, -0.15) is 0 Å². The number of non-ortho nitro benzene ring substituents is 1. The molecule has 1 atom stereocenters. The van der Waals surface area contributed by atoms with Crippen molar-refractivity contribution in [2.75, 3.05) is 6.61 Å². The molecule has 0 bridgehead atoms. The lowest BCUT2D eigenvalue weighted by Crippen LogP contribution is -2.39. The summed E-state index contributed by atoms with van der Waals surface area (Å²) in [5.41, 5.74) is 4.04. The molecule has 0 radical (unpaired) electrons. The Labute approximate surface area is 253 Å². The van der Waals surface area contributed by atoms with Crippen LogP contribution in [0.5, 0.6) is 5.75 Å². The van der Waals surface area contributed by atoms with Crippen LogP contribution >= 0.6 is 27.3 Å². The molecule has 214 valence electrons. The number of halogens is 1. The Morgan fingerprint density at radius 2 is 1.83 bits per heavy atom. The summed E-state index contributed by atoms with van der Waals surface area (Å²) >= 11 is 4.80. The third kappa shape index (κ3) is 5.97. The number of thiazole rings is 1. The molecule has 0 N–H and O–H groups in total. The van der Waals surface area contributed by atoms with E-state index in [0.29, 0.717) is 30.8 Å². The van der Waals surface area contributed by atoms with Crippen molar-refractivity contribution in [2.24, 2.45) is 4.99 Å². The number of aryl methyl sites for hydroxylation is 1. The first-order valence-corrected chi connectivity index (χ1v) is 14.7. The van der Waals surface area contributed by atoms with Crippen LogP contribution in [-0.2, 0) is 16.1 Å². The number of nitro benzene ring substituents is 1. The number of nitro groups is 1. The molecule has 1 aliphatic heterocycles. The first-order valence-electron chi connectivity index (χ1n) is 13.1. The summed E-state index contributed by atoms with van der Waals surface area (Å²) in [6.45, 7) is 5.93. The van der Waals surface area contributed by atoms with Gasteiger partial charge in [0.2, 0.25) is 0 Å². The van der Waals surface area contributed by atoms with Crippen LogP contribution in [0.25, 0.3) is 6.08 Å². The normalized spacial score (nSPS) is 14.8. The van der Waals surface area contributed by atoms with E-state index in [1.807, 2.05) is 43.3 Å². The molecule has 0 spiro atoms. The number of ether oxygens (including phenoxy) is 2. The van der Waals surface area contributed by atoms with Crippen LogP contribution in [0.4, 0.5) is 5.69 Å². The molecule has 1 aromatic heterocycles. The Hall–Kier alpha value is -4.35. The summed E-state index contributed by atoms with van der Waals surface area (Å²) in [7, 11) is 0. The van der Waals surface area contributed by atoms with E-state index in [1.165, 1.54) is 23.5 Å². The van der Waals surface area contributed by atoms with Crippen molar-refractivity contribution < 1.29 is 19.2 Å². The third-order valence-electron chi connectivity index (χ3n) is 6.71. The number of aromatic nitrogens is 1. The Morgan fingerprint density at radius 1 is 1.12 bits per heavy atom. The minimum absolute atomic E-state index is 0.0204. The third-order valence-corrected chi connectivity index (χ3v) is 8.31. The number of allylic oxidation sites excluding steroid dienone is 1. The number of benzene rings is 3. The minimum atomic E-state index is -0.662. The molecule has 11 heteroatoms. The van der Waals surface area contributed by atoms with E-state index in [1.54, 1.807) is 42.7 Å². The number of esters is 1. The summed E-state index contributed by atoms with van der Waals surface area (Å²) in [6.07, 6.45) is 1.78. The Balaban J connectivity index is 1.47. The van der Waals surface area contributed by atoms with Gasteiger partial charge >= 0.3 is 5.97 Å². The molecule has 2 heterocycles. The molecule has 4 aromatic rings. The fourth-order valence-electron chi connectivity index (χ4n) is 4.61. The average Bonchev–Trinajstić information content (AvgIpc) is 3.26. The van der Waals surface area contributed by atoms with Crippen LogP contribution in [0.15, 0.2) is 92.3 Å². The predicted octanol–water partition coefficient (Wildman–Crippen LogP) is 5.36. The van der Waals surface area contributed by atoms with Crippen LogP contribution in [0.1, 0.15) is 42.1 Å². The highest BCUT2D eigenvalue weighted by molar-refractivity contribution is 9.10. The van der Waals surface area contributed by atoms with Gasteiger partial charge in [0, 0.05) is 12.1 Å². The quantitative estimate of drug-likeness (QED) is 0.145. The van der Waals surface area contributed by atoms with Crippen molar-refractivity contribution >= 4 is 45.0 Å². The topological polar surface area (TPSA) is 113 Å². The van der Waals surface area contributed by atoms with Crippen LogP contribution in [0.3, 0.4) is 0 Å². The Morgan fingerprint density at radius 3 is 2.48 bits per heavy atom. The average molecular weight is 649 g/mol. The molecule has 0 saturated carbocycles. The molecule has 0 unspecified atom stereocenters. The molecule has 9 nitrogen and oxygen atoms in total. The fraction of sp³-hybridized carbons (Fsp3) is 0.194. The summed E-state index contributed by atoms with van der Waals surface area (Å²) < 4.78 is 14.0. The van der Waals surface area contributed by atoms with Gasteiger partial charge in [-0.05, 0) is 83.7 Å². The summed E-state index contributed by atoms with van der Waals surface area (Å²) in [4.78, 5) is 42.4. The molecule has 5 rings (SSSR count). The van der Waals surface area contributed by atoms with E-state index in [4.69, 9.17) is 9.47 Å². The molecule has 0 fully saturated rings. The molecular formula is C31H26BrN3O6S. The first-order chi connectivity index (χ1) is 20.2. The largest absolute Gasteiger partial charge is 0.488 e. The molecule has 0 amide bonds. The van der Waals surface area contributed by atoms with E-state index in [0.717, 1.165) is 22.3 Å². The Bertz CT molecular complexity index is 1890. The highest BCUT2D eigenvalue weighted by Crippen LogP contribution is 2.31. The molecule has 0 saturated heterocycles. The van der Waals surface area contributed by atoms with Gasteiger partial charge in [0.1, 0.15) is 12.4 Å². The Kier molecular flexibility index (Phi) is 8.51. The molecule has 42 heavy (non-hydrogen) atoms. The van der Waals surface area contributed by atoms with Gasteiger partial charge < -0.3 is 9.47 Å². The molecule has 0 aliphatic carbocycles. The zero-order valence-corrected chi connectivity index (χ0v) is 25.4. The van der Waals surface area contributed by atoms with Gasteiger partial charge in [0.05, 0.1) is 37.8 Å². The summed E-state index contributed by atoms with van der Waals surface area (Å²) in [6, 6.07) is 18.7. The van der Waals surface area contributed by atoms with Crippen molar-refractivity contribution in [3.8, 4) is 5.75 Å². The van der Waals surface area contributed by atoms with Crippen molar-refractivity contribution in [1.29, 1.82) is 0 Å². The van der Waals surface area contributed by atoms with Gasteiger partial charge in [-0.15, -0.1) is 0 Å². The van der Waals surface area contributed by atoms with Gasteiger partial charge in [0.25, 0.3) is 11.2 Å². The van der Waals surface area contributed by atoms with E-state index in [9.17, 15) is 19.7 Å². The van der Waals surface area contributed by atoms with Crippen LogP contribution in [0.2, 0.25) is 0 Å². The van der Waals surface area contributed by atoms with Crippen molar-refractivity contribution in [1.82, 2.24) is 4.57 Å². The van der Waals surface area contributed by atoms with E-state index in [-0.39, 0.29) is 24.5 Å². The maximum absolute atomic E-state index is 13.8. The van der Waals surface area contributed by atoms with E-state index < -0.39 is 16.9 Å². The number of carbonyl (C=O) groups excluding carboxylic acids is 1. The van der Waals surface area contributed by atoms with Crippen molar-refractivity contribution in [3.63, 3.8) is 0 Å². The number of nitrogens with zero attached hydrogens (tertiary/aromatic N) is 3.